The third kappa shape index (κ3) is 3.21. The Labute approximate surface area is 127 Å². The minimum Gasteiger partial charge on any atom is -0.288 e. The summed E-state index contributed by atoms with van der Waals surface area (Å²) in [7, 11) is 0. The molecule has 19 heavy (non-hydrogen) atoms. The average Bonchev–Trinajstić information content (AvgIpc) is 2.41. The maximum atomic E-state index is 12.5. The van der Waals surface area contributed by atoms with Gasteiger partial charge in [-0.2, -0.15) is 0 Å². The van der Waals surface area contributed by atoms with Crippen LogP contribution in [0.3, 0.4) is 0 Å². The lowest BCUT2D eigenvalue weighted by atomic mass is 10.0. The fourth-order valence-electron chi connectivity index (χ4n) is 2.09. The number of carbonyl (C=O) groups is 1. The Balaban J connectivity index is 2.30. The summed E-state index contributed by atoms with van der Waals surface area (Å²) in [5.74, 6) is 0.128. The van der Waals surface area contributed by atoms with Crippen LogP contribution in [0.25, 0.3) is 0 Å². The predicted octanol–water partition coefficient (Wildman–Crippen LogP) is 5.38. The third-order valence-electron chi connectivity index (χ3n) is 3.42. The molecule has 2 rings (SSSR count). The molecule has 1 atom stereocenters. The molecule has 0 spiro atoms. The van der Waals surface area contributed by atoms with Crippen molar-refractivity contribution in [2.45, 2.75) is 32.4 Å². The first-order valence-electron chi connectivity index (χ1n) is 6.39. The molecular weight excluding hydrogens is 320 g/mol. The molecule has 1 aliphatic heterocycles. The first-order valence-corrected chi connectivity index (χ1v) is 8.06. The van der Waals surface area contributed by atoms with E-state index in [1.165, 1.54) is 11.1 Å². The molecule has 0 aromatic heterocycles. The zero-order chi connectivity index (χ0) is 14.0. The summed E-state index contributed by atoms with van der Waals surface area (Å²) >= 11 is 5.08. The van der Waals surface area contributed by atoms with Crippen LogP contribution in [0, 0.1) is 0 Å². The minimum absolute atomic E-state index is 0.128. The highest BCUT2D eigenvalue weighted by atomic mass is 79.9. The van der Waals surface area contributed by atoms with Crippen molar-refractivity contribution < 1.29 is 4.79 Å². The zero-order valence-corrected chi connectivity index (χ0v) is 13.8. The quantitative estimate of drug-likeness (QED) is 0.689. The summed E-state index contributed by atoms with van der Waals surface area (Å²) in [5.41, 5.74) is 3.37. The van der Waals surface area contributed by atoms with Crippen molar-refractivity contribution in [3.05, 3.63) is 56.4 Å². The van der Waals surface area contributed by atoms with Crippen LogP contribution in [0.1, 0.15) is 37.6 Å². The molecule has 100 valence electrons. The lowest BCUT2D eigenvalue weighted by molar-refractivity contribution is 0.104. The molecule has 1 heterocycles. The first-order chi connectivity index (χ1) is 9.02. The van der Waals surface area contributed by atoms with Gasteiger partial charge in [-0.25, -0.2) is 0 Å². The van der Waals surface area contributed by atoms with Gasteiger partial charge in [-0.05, 0) is 56.2 Å². The molecule has 1 nitrogen and oxygen atoms in total. The molecule has 0 radical (unpaired) electrons. The maximum absolute atomic E-state index is 12.5. The number of hydrogen-bond acceptors (Lipinski definition) is 2. The van der Waals surface area contributed by atoms with Gasteiger partial charge in [-0.15, -0.1) is 11.8 Å². The van der Waals surface area contributed by atoms with Gasteiger partial charge in [-0.1, -0.05) is 28.4 Å². The number of benzene rings is 1. The zero-order valence-electron chi connectivity index (χ0n) is 11.4. The van der Waals surface area contributed by atoms with Crippen LogP contribution in [-0.2, 0) is 0 Å². The van der Waals surface area contributed by atoms with Crippen molar-refractivity contribution in [2.75, 3.05) is 0 Å². The van der Waals surface area contributed by atoms with E-state index >= 15 is 0 Å². The van der Waals surface area contributed by atoms with E-state index in [-0.39, 0.29) is 5.78 Å². The summed E-state index contributed by atoms with van der Waals surface area (Å²) in [5, 5.41) is 0.430. The Morgan fingerprint density at radius 1 is 1.26 bits per heavy atom. The molecule has 0 bridgehead atoms. The van der Waals surface area contributed by atoms with Gasteiger partial charge in [0.25, 0.3) is 0 Å². The van der Waals surface area contributed by atoms with E-state index in [4.69, 9.17) is 0 Å². The highest BCUT2D eigenvalue weighted by Gasteiger charge is 2.23. The van der Waals surface area contributed by atoms with Crippen molar-refractivity contribution in [3.63, 3.8) is 0 Å². The third-order valence-corrected chi connectivity index (χ3v) is 5.48. The molecule has 0 saturated carbocycles. The van der Waals surface area contributed by atoms with Gasteiger partial charge in [0.15, 0.2) is 5.78 Å². The number of hydrogen-bond donors (Lipinski definition) is 0. The Kier molecular flexibility index (Phi) is 4.69. The van der Waals surface area contributed by atoms with Crippen LogP contribution in [-0.4, -0.2) is 11.0 Å². The number of allylic oxidation sites excluding steroid dienone is 3. The summed E-state index contributed by atoms with van der Waals surface area (Å²) in [6.45, 7) is 6.42. The largest absolute Gasteiger partial charge is 0.288 e. The van der Waals surface area contributed by atoms with Crippen molar-refractivity contribution in [1.82, 2.24) is 0 Å². The second-order valence-electron chi connectivity index (χ2n) is 4.73. The minimum atomic E-state index is 0.128. The Morgan fingerprint density at radius 3 is 2.47 bits per heavy atom. The van der Waals surface area contributed by atoms with E-state index in [0.717, 1.165) is 21.4 Å². The van der Waals surface area contributed by atoms with Crippen molar-refractivity contribution in [1.29, 1.82) is 0 Å². The number of carbonyl (C=O) groups excluding carboxylic acids is 1. The van der Waals surface area contributed by atoms with Crippen molar-refractivity contribution in [3.8, 4) is 0 Å². The van der Waals surface area contributed by atoms with Crippen LogP contribution in [0.4, 0.5) is 0 Å². The summed E-state index contributed by atoms with van der Waals surface area (Å²) < 4.78 is 0.993. The number of rotatable bonds is 3. The van der Waals surface area contributed by atoms with Crippen molar-refractivity contribution >= 4 is 33.5 Å². The number of ketones is 1. The SMILES string of the molecule is CCC1SC(C(=O)c2ccc(Br)cc2)=CC(C)=C1C. The summed E-state index contributed by atoms with van der Waals surface area (Å²) in [4.78, 5) is 13.4. The molecule has 0 saturated heterocycles. The van der Waals surface area contributed by atoms with Gasteiger partial charge in [0.2, 0.25) is 0 Å². The molecule has 3 heteroatoms. The van der Waals surface area contributed by atoms with E-state index in [0.29, 0.717) is 5.25 Å². The Bertz CT molecular complexity index is 555. The Hall–Kier alpha value is -0.800. The van der Waals surface area contributed by atoms with E-state index < -0.39 is 0 Å². The molecule has 0 aliphatic carbocycles. The highest BCUT2D eigenvalue weighted by Crippen LogP contribution is 2.37. The topological polar surface area (TPSA) is 17.1 Å². The van der Waals surface area contributed by atoms with Gasteiger partial charge < -0.3 is 0 Å². The van der Waals surface area contributed by atoms with Crippen molar-refractivity contribution in [2.24, 2.45) is 0 Å². The molecule has 1 aromatic carbocycles. The molecule has 1 unspecified atom stereocenters. The van der Waals surface area contributed by atoms with Crippen LogP contribution < -0.4 is 0 Å². The van der Waals surface area contributed by atoms with Gasteiger partial charge in [0.1, 0.15) is 0 Å². The standard InChI is InChI=1S/C16H17BrOS/c1-4-14-11(3)10(2)9-15(19-14)16(18)12-5-7-13(17)8-6-12/h5-9,14H,4H2,1-3H3. The maximum Gasteiger partial charge on any atom is 0.199 e. The normalized spacial score (nSPS) is 19.4. The lowest BCUT2D eigenvalue weighted by Gasteiger charge is -2.23. The molecule has 0 amide bonds. The second kappa shape index (κ2) is 6.10. The number of halogens is 1. The van der Waals surface area contributed by atoms with Gasteiger partial charge in [0, 0.05) is 15.3 Å². The van der Waals surface area contributed by atoms with Crippen LogP contribution in [0.15, 0.2) is 50.9 Å². The predicted molar refractivity (Wildman–Crippen MR) is 86.6 cm³/mol. The molecule has 1 aromatic rings. The number of thioether (sulfide) groups is 1. The van der Waals surface area contributed by atoms with Crippen LogP contribution in [0.5, 0.6) is 0 Å². The fraction of sp³-hybridized carbons (Fsp3) is 0.312. The molecule has 1 aliphatic rings. The van der Waals surface area contributed by atoms with E-state index in [1.54, 1.807) is 11.8 Å². The van der Waals surface area contributed by atoms with Gasteiger partial charge in [0.05, 0.1) is 4.91 Å². The Morgan fingerprint density at radius 2 is 1.89 bits per heavy atom. The van der Waals surface area contributed by atoms with E-state index in [1.807, 2.05) is 30.3 Å². The van der Waals surface area contributed by atoms with Gasteiger partial charge >= 0.3 is 0 Å². The average molecular weight is 337 g/mol. The summed E-state index contributed by atoms with van der Waals surface area (Å²) in [6.07, 6.45) is 3.08. The molecule has 0 N–H and O–H groups in total. The molecular formula is C16H17BrOS. The fourth-order valence-corrected chi connectivity index (χ4v) is 3.66. The number of Topliss-reactive ketones (excluding diaryl/α,β-unsaturated/α-hetero) is 1. The van der Waals surface area contributed by atoms with Gasteiger partial charge in [-0.3, -0.25) is 4.79 Å². The highest BCUT2D eigenvalue weighted by molar-refractivity contribution is 9.10. The smallest absolute Gasteiger partial charge is 0.199 e. The van der Waals surface area contributed by atoms with Crippen LogP contribution >= 0.6 is 27.7 Å². The first kappa shape index (κ1) is 14.6. The second-order valence-corrected chi connectivity index (χ2v) is 6.89. The van der Waals surface area contributed by atoms with E-state index in [2.05, 4.69) is 36.7 Å². The monoisotopic (exact) mass is 336 g/mol. The summed E-state index contributed by atoms with van der Waals surface area (Å²) in [6, 6.07) is 7.56. The van der Waals surface area contributed by atoms with Crippen LogP contribution in [0.2, 0.25) is 0 Å². The van der Waals surface area contributed by atoms with E-state index in [9.17, 15) is 4.79 Å². The molecule has 0 fully saturated rings. The lowest BCUT2D eigenvalue weighted by Crippen LogP contribution is -2.13.